The van der Waals surface area contributed by atoms with Crippen LogP contribution in [-0.4, -0.2) is 69.2 Å². The Kier molecular flexibility index (Phi) is 5.81. The number of hydrogen-bond donors (Lipinski definition) is 1. The van der Waals surface area contributed by atoms with Crippen molar-refractivity contribution in [3.63, 3.8) is 0 Å². The Morgan fingerprint density at radius 2 is 1.94 bits per heavy atom. The molecular formula is C28H29FN6O. The number of imidazole rings is 1. The van der Waals surface area contributed by atoms with Gasteiger partial charge in [-0.1, -0.05) is 6.08 Å². The van der Waals surface area contributed by atoms with E-state index in [1.54, 1.807) is 0 Å². The van der Waals surface area contributed by atoms with Crippen LogP contribution in [-0.2, 0) is 7.05 Å². The zero-order valence-electron chi connectivity index (χ0n) is 20.3. The molecule has 0 spiro atoms. The number of carbonyl (C=O) groups excluding carboxylic acids is 1. The van der Waals surface area contributed by atoms with Gasteiger partial charge in [0.15, 0.2) is 0 Å². The summed E-state index contributed by atoms with van der Waals surface area (Å²) in [5.41, 5.74) is 5.59. The van der Waals surface area contributed by atoms with Gasteiger partial charge in [0.25, 0.3) is 0 Å². The van der Waals surface area contributed by atoms with Crippen molar-refractivity contribution < 1.29 is 9.18 Å². The number of halogens is 1. The lowest BCUT2D eigenvalue weighted by Gasteiger charge is -2.28. The van der Waals surface area contributed by atoms with Gasteiger partial charge < -0.3 is 19.4 Å². The van der Waals surface area contributed by atoms with E-state index in [9.17, 15) is 9.18 Å². The minimum absolute atomic E-state index is 0.0420. The van der Waals surface area contributed by atoms with Crippen molar-refractivity contribution in [1.82, 2.24) is 29.2 Å². The molecule has 0 bridgehead atoms. The van der Waals surface area contributed by atoms with Crippen molar-refractivity contribution in [2.24, 2.45) is 7.05 Å². The van der Waals surface area contributed by atoms with E-state index in [-0.39, 0.29) is 11.8 Å². The summed E-state index contributed by atoms with van der Waals surface area (Å²) in [4.78, 5) is 20.7. The van der Waals surface area contributed by atoms with Gasteiger partial charge in [-0.25, -0.2) is 14.2 Å². The molecule has 0 radical (unpaired) electrons. The van der Waals surface area contributed by atoms with Gasteiger partial charge in [-0.15, -0.1) is 0 Å². The van der Waals surface area contributed by atoms with Gasteiger partial charge in [-0.2, -0.15) is 0 Å². The Hall–Kier alpha value is -3.91. The van der Waals surface area contributed by atoms with Crippen LogP contribution < -0.4 is 5.32 Å². The zero-order valence-corrected chi connectivity index (χ0v) is 20.3. The lowest BCUT2D eigenvalue weighted by atomic mass is 9.98. The number of rotatable bonds is 6. The normalized spacial score (nSPS) is 16.6. The van der Waals surface area contributed by atoms with Crippen LogP contribution in [0.2, 0.25) is 0 Å². The Morgan fingerprint density at radius 3 is 2.64 bits per heavy atom. The van der Waals surface area contributed by atoms with E-state index in [1.807, 2.05) is 41.0 Å². The lowest BCUT2D eigenvalue weighted by Crippen LogP contribution is -2.38. The van der Waals surface area contributed by atoms with Gasteiger partial charge in [0, 0.05) is 87.1 Å². The fourth-order valence-corrected chi connectivity index (χ4v) is 5.23. The van der Waals surface area contributed by atoms with Crippen LogP contribution in [0, 0.1) is 5.82 Å². The molecule has 184 valence electrons. The SMILES string of the molecule is Cn1ccnc1-c1ccc2c(c1)c(C1=CCN(CCN3CCNC3=O)CC1)cn2-c1ccc(F)cc1. The summed E-state index contributed by atoms with van der Waals surface area (Å²) < 4.78 is 17.8. The molecule has 1 N–H and O–H groups in total. The molecule has 7 nitrogen and oxygen atoms in total. The fourth-order valence-electron chi connectivity index (χ4n) is 5.23. The number of aryl methyl sites for hydroxylation is 1. The van der Waals surface area contributed by atoms with E-state index in [2.05, 4.69) is 50.2 Å². The van der Waals surface area contributed by atoms with Gasteiger partial charge in [-0.3, -0.25) is 4.90 Å². The highest BCUT2D eigenvalue weighted by molar-refractivity contribution is 5.96. The summed E-state index contributed by atoms with van der Waals surface area (Å²) in [5.74, 6) is 0.682. The molecule has 0 aliphatic carbocycles. The van der Waals surface area contributed by atoms with Crippen molar-refractivity contribution in [2.45, 2.75) is 6.42 Å². The average Bonchev–Trinajstić information content (AvgIpc) is 3.61. The molecule has 2 aromatic carbocycles. The number of urea groups is 1. The predicted octanol–water partition coefficient (Wildman–Crippen LogP) is 4.28. The summed E-state index contributed by atoms with van der Waals surface area (Å²) in [7, 11) is 2.00. The first-order chi connectivity index (χ1) is 17.6. The third-order valence-electron chi connectivity index (χ3n) is 7.26. The first-order valence-electron chi connectivity index (χ1n) is 12.4. The van der Waals surface area contributed by atoms with Gasteiger partial charge >= 0.3 is 6.03 Å². The van der Waals surface area contributed by atoms with Crippen LogP contribution in [0.3, 0.4) is 0 Å². The molecule has 0 unspecified atom stereocenters. The lowest BCUT2D eigenvalue weighted by molar-refractivity contribution is 0.205. The summed E-state index contributed by atoms with van der Waals surface area (Å²) >= 11 is 0. The number of fused-ring (bicyclic) bond motifs is 1. The minimum atomic E-state index is -0.242. The molecule has 0 saturated carbocycles. The molecule has 4 heterocycles. The van der Waals surface area contributed by atoms with E-state index >= 15 is 0 Å². The third kappa shape index (κ3) is 4.18. The topological polar surface area (TPSA) is 58.3 Å². The third-order valence-corrected chi connectivity index (χ3v) is 7.26. The zero-order chi connectivity index (χ0) is 24.6. The number of benzene rings is 2. The first-order valence-corrected chi connectivity index (χ1v) is 12.4. The molecule has 2 aliphatic rings. The highest BCUT2D eigenvalue weighted by atomic mass is 19.1. The monoisotopic (exact) mass is 484 g/mol. The summed E-state index contributed by atoms with van der Waals surface area (Å²) in [6.45, 7) is 4.96. The molecule has 2 amide bonds. The molecule has 1 saturated heterocycles. The van der Waals surface area contributed by atoms with Gasteiger partial charge in [0.1, 0.15) is 11.6 Å². The Balaban J connectivity index is 1.33. The van der Waals surface area contributed by atoms with Crippen LogP contribution in [0.4, 0.5) is 9.18 Å². The van der Waals surface area contributed by atoms with Crippen LogP contribution in [0.5, 0.6) is 0 Å². The maximum atomic E-state index is 13.6. The minimum Gasteiger partial charge on any atom is -0.336 e. The molecule has 0 atom stereocenters. The summed E-state index contributed by atoms with van der Waals surface area (Å²) in [5, 5.41) is 4.03. The standard InChI is InChI=1S/C28H29FN6O/c1-32-14-10-30-27(32)21-2-7-26-24(18-21)25(19-35(26)23-5-3-22(29)4-6-23)20-8-12-33(13-9-20)16-17-34-15-11-31-28(34)36/h2-8,10,14,18-19H,9,11-13,15-17H2,1H3,(H,31,36). The average molecular weight is 485 g/mol. The quantitative estimate of drug-likeness (QED) is 0.444. The number of aromatic nitrogens is 3. The summed E-state index contributed by atoms with van der Waals surface area (Å²) in [6.07, 6.45) is 9.19. The smallest absolute Gasteiger partial charge is 0.317 e. The second-order valence-corrected chi connectivity index (χ2v) is 9.48. The molecule has 4 aromatic rings. The van der Waals surface area contributed by atoms with E-state index < -0.39 is 0 Å². The molecule has 2 aliphatic heterocycles. The Labute approximate surface area is 209 Å². The molecular weight excluding hydrogens is 455 g/mol. The number of amides is 2. The molecule has 8 heteroatoms. The molecule has 2 aromatic heterocycles. The van der Waals surface area contributed by atoms with Crippen molar-refractivity contribution in [1.29, 1.82) is 0 Å². The van der Waals surface area contributed by atoms with Crippen molar-refractivity contribution in [3.05, 3.63) is 78.5 Å². The van der Waals surface area contributed by atoms with Crippen molar-refractivity contribution in [2.75, 3.05) is 39.3 Å². The van der Waals surface area contributed by atoms with Crippen LogP contribution in [0.1, 0.15) is 12.0 Å². The van der Waals surface area contributed by atoms with Crippen molar-refractivity contribution >= 4 is 22.5 Å². The summed E-state index contributed by atoms with van der Waals surface area (Å²) in [6, 6.07) is 13.1. The van der Waals surface area contributed by atoms with Crippen LogP contribution >= 0.6 is 0 Å². The highest BCUT2D eigenvalue weighted by Gasteiger charge is 2.22. The number of nitrogens with zero attached hydrogens (tertiary/aromatic N) is 5. The van der Waals surface area contributed by atoms with Gasteiger partial charge in [0.2, 0.25) is 0 Å². The van der Waals surface area contributed by atoms with E-state index in [0.717, 1.165) is 73.7 Å². The predicted molar refractivity (Wildman–Crippen MR) is 139 cm³/mol. The van der Waals surface area contributed by atoms with Crippen LogP contribution in [0.15, 0.2) is 67.1 Å². The van der Waals surface area contributed by atoms with Gasteiger partial charge in [0.05, 0.1) is 5.52 Å². The van der Waals surface area contributed by atoms with Crippen LogP contribution in [0.25, 0.3) is 33.6 Å². The molecule has 1 fully saturated rings. The largest absolute Gasteiger partial charge is 0.336 e. The highest BCUT2D eigenvalue weighted by Crippen LogP contribution is 2.35. The number of hydrogen-bond acceptors (Lipinski definition) is 3. The van der Waals surface area contributed by atoms with E-state index in [0.29, 0.717) is 0 Å². The van der Waals surface area contributed by atoms with E-state index in [4.69, 9.17) is 0 Å². The van der Waals surface area contributed by atoms with E-state index in [1.165, 1.54) is 23.3 Å². The number of carbonyl (C=O) groups is 1. The Morgan fingerprint density at radius 1 is 1.08 bits per heavy atom. The fraction of sp³-hybridized carbons (Fsp3) is 0.286. The Bertz CT molecular complexity index is 1450. The second kappa shape index (κ2) is 9.28. The molecule has 6 rings (SSSR count). The van der Waals surface area contributed by atoms with Crippen molar-refractivity contribution in [3.8, 4) is 17.1 Å². The van der Waals surface area contributed by atoms with Gasteiger partial charge in [-0.05, 0) is 54.5 Å². The first kappa shape index (κ1) is 22.5. The maximum absolute atomic E-state index is 13.6. The second-order valence-electron chi connectivity index (χ2n) is 9.48. The maximum Gasteiger partial charge on any atom is 0.317 e. The molecule has 36 heavy (non-hydrogen) atoms. The number of nitrogens with one attached hydrogen (secondary N) is 1.